The number of phenolic OH excluding ortho intramolecular Hbond substituents is 1. The summed E-state index contributed by atoms with van der Waals surface area (Å²) < 4.78 is 0. The van der Waals surface area contributed by atoms with Crippen LogP contribution in [0.5, 0.6) is 5.75 Å². The molecule has 0 saturated carbocycles. The lowest BCUT2D eigenvalue weighted by Crippen LogP contribution is -2.35. The number of benzene rings is 1. The number of pyridine rings is 1. The highest BCUT2D eigenvalue weighted by molar-refractivity contribution is 6.29. The van der Waals surface area contributed by atoms with Crippen LogP contribution < -0.4 is 4.90 Å². The molecule has 1 heterocycles. The van der Waals surface area contributed by atoms with Crippen molar-refractivity contribution in [2.24, 2.45) is 0 Å². The number of phenols is 1. The minimum absolute atomic E-state index is 0.0228. The number of anilines is 1. The minimum atomic E-state index is -1.15. The normalized spacial score (nSPS) is 10.1. The van der Waals surface area contributed by atoms with Crippen molar-refractivity contribution in [1.29, 1.82) is 0 Å². The summed E-state index contributed by atoms with van der Waals surface area (Å²) in [5, 5.41) is 18.5. The van der Waals surface area contributed by atoms with Gasteiger partial charge in [0.1, 0.15) is 17.4 Å². The van der Waals surface area contributed by atoms with Gasteiger partial charge in [0.05, 0.1) is 5.56 Å². The monoisotopic (exact) mass is 306 g/mol. The second-order valence-electron chi connectivity index (χ2n) is 4.17. The number of carbonyl (C=O) groups excluding carboxylic acids is 1. The van der Waals surface area contributed by atoms with Gasteiger partial charge in [0.25, 0.3) is 5.91 Å². The number of carboxylic acid groups (broad SMARTS) is 1. The van der Waals surface area contributed by atoms with Crippen LogP contribution >= 0.6 is 11.6 Å². The molecule has 1 amide bonds. The van der Waals surface area contributed by atoms with Gasteiger partial charge in [0.15, 0.2) is 0 Å². The molecule has 0 unspecified atom stereocenters. The van der Waals surface area contributed by atoms with Crippen LogP contribution in [0.2, 0.25) is 5.15 Å². The summed E-state index contributed by atoms with van der Waals surface area (Å²) in [6, 6.07) is 8.58. The Balaban J connectivity index is 2.35. The van der Waals surface area contributed by atoms with Gasteiger partial charge in [-0.15, -0.1) is 0 Å². The Morgan fingerprint density at radius 3 is 2.33 bits per heavy atom. The van der Waals surface area contributed by atoms with Crippen molar-refractivity contribution in [3.8, 4) is 5.75 Å². The molecule has 1 aromatic heterocycles. The SMILES string of the molecule is O=C(O)CN(C(=O)c1ccc(Cl)nc1)c1ccc(O)cc1. The molecular weight excluding hydrogens is 296 g/mol. The topological polar surface area (TPSA) is 90.7 Å². The third-order valence-corrected chi connectivity index (χ3v) is 2.90. The van der Waals surface area contributed by atoms with Crippen molar-refractivity contribution in [3.63, 3.8) is 0 Å². The molecule has 0 fully saturated rings. The number of hydrogen-bond donors (Lipinski definition) is 2. The summed E-state index contributed by atoms with van der Waals surface area (Å²) in [4.78, 5) is 28.2. The first kappa shape index (κ1) is 14.8. The largest absolute Gasteiger partial charge is 0.508 e. The lowest BCUT2D eigenvalue weighted by molar-refractivity contribution is -0.135. The molecule has 0 saturated heterocycles. The number of aliphatic carboxylic acids is 1. The first-order valence-corrected chi connectivity index (χ1v) is 6.29. The Morgan fingerprint density at radius 1 is 1.14 bits per heavy atom. The first-order chi connectivity index (χ1) is 9.97. The van der Waals surface area contributed by atoms with Crippen LogP contribution in [-0.2, 0) is 4.79 Å². The van der Waals surface area contributed by atoms with E-state index in [0.717, 1.165) is 4.90 Å². The van der Waals surface area contributed by atoms with Crippen LogP contribution in [0.1, 0.15) is 10.4 Å². The van der Waals surface area contributed by atoms with E-state index in [1.165, 1.54) is 42.6 Å². The number of aromatic hydroxyl groups is 1. The third-order valence-electron chi connectivity index (χ3n) is 2.67. The number of aromatic nitrogens is 1. The molecule has 6 nitrogen and oxygen atoms in total. The zero-order chi connectivity index (χ0) is 15.4. The van der Waals surface area contributed by atoms with Crippen molar-refractivity contribution in [2.45, 2.75) is 0 Å². The van der Waals surface area contributed by atoms with E-state index < -0.39 is 18.4 Å². The maximum Gasteiger partial charge on any atom is 0.323 e. The molecule has 7 heteroatoms. The van der Waals surface area contributed by atoms with E-state index in [0.29, 0.717) is 5.69 Å². The Hall–Kier alpha value is -2.60. The molecular formula is C14H11ClN2O4. The molecule has 2 aromatic rings. The van der Waals surface area contributed by atoms with Crippen LogP contribution in [0.3, 0.4) is 0 Å². The lowest BCUT2D eigenvalue weighted by atomic mass is 10.2. The molecule has 0 aliphatic carbocycles. The van der Waals surface area contributed by atoms with Gasteiger partial charge >= 0.3 is 5.97 Å². The highest BCUT2D eigenvalue weighted by Gasteiger charge is 2.20. The number of nitrogens with zero attached hydrogens (tertiary/aromatic N) is 2. The number of hydrogen-bond acceptors (Lipinski definition) is 4. The molecule has 0 atom stereocenters. The molecule has 0 radical (unpaired) electrons. The van der Waals surface area contributed by atoms with Gasteiger partial charge in [-0.1, -0.05) is 11.6 Å². The lowest BCUT2D eigenvalue weighted by Gasteiger charge is -2.20. The van der Waals surface area contributed by atoms with Crippen molar-refractivity contribution in [3.05, 3.63) is 53.3 Å². The summed E-state index contributed by atoms with van der Waals surface area (Å²) in [6.45, 7) is -0.508. The van der Waals surface area contributed by atoms with Crippen LogP contribution in [0.15, 0.2) is 42.6 Å². The Morgan fingerprint density at radius 2 is 1.81 bits per heavy atom. The highest BCUT2D eigenvalue weighted by atomic mass is 35.5. The van der Waals surface area contributed by atoms with Crippen molar-refractivity contribution in [1.82, 2.24) is 4.98 Å². The van der Waals surface area contributed by atoms with E-state index in [2.05, 4.69) is 4.98 Å². The number of carboxylic acids is 1. The average Bonchev–Trinajstić information content (AvgIpc) is 2.46. The second kappa shape index (κ2) is 6.23. The van der Waals surface area contributed by atoms with Crippen molar-refractivity contribution >= 4 is 29.2 Å². The van der Waals surface area contributed by atoms with Gasteiger partial charge < -0.3 is 10.2 Å². The molecule has 0 spiro atoms. The van der Waals surface area contributed by atoms with Gasteiger partial charge in [-0.3, -0.25) is 14.5 Å². The highest BCUT2D eigenvalue weighted by Crippen LogP contribution is 2.20. The van der Waals surface area contributed by atoms with E-state index >= 15 is 0 Å². The van der Waals surface area contributed by atoms with Crippen LogP contribution in [0.25, 0.3) is 0 Å². The summed E-state index contributed by atoms with van der Waals surface area (Å²) in [5.74, 6) is -1.65. The zero-order valence-corrected chi connectivity index (χ0v) is 11.5. The fourth-order valence-corrected chi connectivity index (χ4v) is 1.82. The Kier molecular flexibility index (Phi) is 4.39. The fraction of sp³-hybridized carbons (Fsp3) is 0.0714. The summed E-state index contributed by atoms with van der Waals surface area (Å²) in [5.41, 5.74) is 0.573. The van der Waals surface area contributed by atoms with E-state index in [-0.39, 0.29) is 16.5 Å². The number of rotatable bonds is 4. The van der Waals surface area contributed by atoms with Gasteiger partial charge in [-0.2, -0.15) is 0 Å². The molecule has 108 valence electrons. The predicted octanol–water partition coefficient (Wildman–Crippen LogP) is 2.17. The van der Waals surface area contributed by atoms with Gasteiger partial charge in [-0.05, 0) is 36.4 Å². The van der Waals surface area contributed by atoms with Gasteiger partial charge in [0.2, 0.25) is 0 Å². The number of carbonyl (C=O) groups is 2. The Bertz CT molecular complexity index is 656. The predicted molar refractivity (Wildman–Crippen MR) is 76.7 cm³/mol. The van der Waals surface area contributed by atoms with E-state index in [1.54, 1.807) is 0 Å². The van der Waals surface area contributed by atoms with E-state index in [1.807, 2.05) is 0 Å². The maximum absolute atomic E-state index is 12.4. The number of amides is 1. The van der Waals surface area contributed by atoms with Crippen molar-refractivity contribution < 1.29 is 19.8 Å². The fourth-order valence-electron chi connectivity index (χ4n) is 1.71. The smallest absolute Gasteiger partial charge is 0.323 e. The van der Waals surface area contributed by atoms with Crippen LogP contribution in [0, 0.1) is 0 Å². The minimum Gasteiger partial charge on any atom is -0.508 e. The molecule has 21 heavy (non-hydrogen) atoms. The van der Waals surface area contributed by atoms with E-state index in [9.17, 15) is 14.7 Å². The van der Waals surface area contributed by atoms with Gasteiger partial charge in [-0.25, -0.2) is 4.98 Å². The summed E-state index contributed by atoms with van der Waals surface area (Å²) in [7, 11) is 0. The maximum atomic E-state index is 12.4. The molecule has 0 aliphatic heterocycles. The van der Waals surface area contributed by atoms with Gasteiger partial charge in [0, 0.05) is 11.9 Å². The first-order valence-electron chi connectivity index (χ1n) is 5.91. The van der Waals surface area contributed by atoms with E-state index in [4.69, 9.17) is 16.7 Å². The van der Waals surface area contributed by atoms with Crippen LogP contribution in [-0.4, -0.2) is 33.6 Å². The standard InChI is InChI=1S/C14H11ClN2O4/c15-12-6-1-9(7-16-12)14(21)17(8-13(19)20)10-2-4-11(18)5-3-10/h1-7,18H,8H2,(H,19,20). The molecule has 0 bridgehead atoms. The molecule has 2 N–H and O–H groups in total. The second-order valence-corrected chi connectivity index (χ2v) is 4.56. The van der Waals surface area contributed by atoms with Crippen molar-refractivity contribution in [2.75, 3.05) is 11.4 Å². The average molecular weight is 307 g/mol. The number of halogens is 1. The summed E-state index contributed by atoms with van der Waals surface area (Å²) >= 11 is 5.66. The van der Waals surface area contributed by atoms with Crippen LogP contribution in [0.4, 0.5) is 5.69 Å². The quantitative estimate of drug-likeness (QED) is 0.845. The molecule has 2 rings (SSSR count). The molecule has 1 aromatic carbocycles. The Labute approximate surface area is 125 Å². The summed E-state index contributed by atoms with van der Waals surface area (Å²) in [6.07, 6.45) is 1.28. The third kappa shape index (κ3) is 3.70. The molecule has 0 aliphatic rings. The zero-order valence-electron chi connectivity index (χ0n) is 10.7.